The smallest absolute Gasteiger partial charge is 0.231 e. The summed E-state index contributed by atoms with van der Waals surface area (Å²) < 4.78 is 25.3. The fraction of sp³-hybridized carbons (Fsp3) is 0.250. The van der Waals surface area contributed by atoms with Gasteiger partial charge in [-0.1, -0.05) is 17.7 Å². The number of halogens is 1. The summed E-state index contributed by atoms with van der Waals surface area (Å²) in [6.07, 6.45) is 0. The molecule has 0 bridgehead atoms. The van der Waals surface area contributed by atoms with Crippen molar-refractivity contribution in [3.63, 3.8) is 0 Å². The Balaban J connectivity index is 1.35. The zero-order chi connectivity index (χ0) is 20.0. The zero-order valence-corrected chi connectivity index (χ0v) is 17.4. The number of rotatable bonds is 5. The van der Waals surface area contributed by atoms with Crippen molar-refractivity contribution in [2.24, 2.45) is 0 Å². The summed E-state index contributed by atoms with van der Waals surface area (Å²) in [5.41, 5.74) is 4.59. The lowest BCUT2D eigenvalue weighted by Gasteiger charge is -2.15. The Kier molecular flexibility index (Phi) is 4.61. The number of oxazole rings is 1. The van der Waals surface area contributed by atoms with E-state index in [1.165, 1.54) is 17.3 Å². The van der Waals surface area contributed by atoms with E-state index in [-0.39, 0.29) is 6.79 Å². The average molecular weight is 429 g/mol. The minimum Gasteiger partial charge on any atom is -0.454 e. The summed E-state index contributed by atoms with van der Waals surface area (Å²) in [6, 6.07) is 9.69. The summed E-state index contributed by atoms with van der Waals surface area (Å²) in [4.78, 5) is 6.86. The van der Waals surface area contributed by atoms with Gasteiger partial charge in [-0.05, 0) is 37.7 Å². The van der Waals surface area contributed by atoms with Gasteiger partial charge in [0.05, 0.1) is 28.0 Å². The highest BCUT2D eigenvalue weighted by molar-refractivity contribution is 7.00. The summed E-state index contributed by atoms with van der Waals surface area (Å²) in [5, 5.41) is 0.514. The summed E-state index contributed by atoms with van der Waals surface area (Å²) in [7, 11) is 2.05. The molecule has 0 saturated carbocycles. The lowest BCUT2D eigenvalue weighted by molar-refractivity contribution is 0.174. The Morgan fingerprint density at radius 2 is 1.86 bits per heavy atom. The number of hydrogen-bond donors (Lipinski definition) is 0. The van der Waals surface area contributed by atoms with Crippen molar-refractivity contribution in [2.75, 3.05) is 13.8 Å². The molecule has 4 aromatic rings. The predicted octanol–water partition coefficient (Wildman–Crippen LogP) is 4.67. The van der Waals surface area contributed by atoms with Gasteiger partial charge in [-0.15, -0.1) is 0 Å². The molecule has 3 heterocycles. The van der Waals surface area contributed by atoms with Crippen molar-refractivity contribution in [3.05, 3.63) is 52.4 Å². The van der Waals surface area contributed by atoms with Crippen LogP contribution in [0.5, 0.6) is 11.5 Å². The van der Waals surface area contributed by atoms with Crippen molar-refractivity contribution >= 4 is 34.4 Å². The van der Waals surface area contributed by atoms with E-state index in [1.807, 2.05) is 20.0 Å². The Bertz CT molecular complexity index is 1210. The van der Waals surface area contributed by atoms with Crippen LogP contribution in [0.25, 0.3) is 22.5 Å². The molecule has 0 atom stereocenters. The van der Waals surface area contributed by atoms with Gasteiger partial charge < -0.3 is 13.9 Å². The standard InChI is InChI=1S/C20H17ClN4O3S/c1-11-17(9-25(2)8-12-3-4-15-16(5-12)24-29-23-15)22-20(28-11)13-6-18-19(7-14(13)21)27-10-26-18/h3-7H,8-10H2,1-2H3. The second-order valence-corrected chi connectivity index (χ2v) is 7.90. The van der Waals surface area contributed by atoms with Crippen molar-refractivity contribution < 1.29 is 13.9 Å². The van der Waals surface area contributed by atoms with Crippen LogP contribution < -0.4 is 9.47 Å². The predicted molar refractivity (Wildman–Crippen MR) is 110 cm³/mol. The molecule has 0 aliphatic carbocycles. The van der Waals surface area contributed by atoms with Gasteiger partial charge in [0, 0.05) is 19.2 Å². The van der Waals surface area contributed by atoms with E-state index >= 15 is 0 Å². The normalized spacial score (nSPS) is 13.0. The van der Waals surface area contributed by atoms with Crippen LogP contribution in [0.4, 0.5) is 0 Å². The first-order valence-corrected chi connectivity index (χ1v) is 10.1. The third-order valence-corrected chi connectivity index (χ3v) is 5.65. The van der Waals surface area contributed by atoms with Gasteiger partial charge >= 0.3 is 0 Å². The van der Waals surface area contributed by atoms with Gasteiger partial charge in [-0.2, -0.15) is 8.75 Å². The molecular formula is C20H17ClN4O3S. The zero-order valence-electron chi connectivity index (χ0n) is 15.8. The quantitative estimate of drug-likeness (QED) is 0.457. The molecular weight excluding hydrogens is 412 g/mol. The molecule has 0 N–H and O–H groups in total. The monoisotopic (exact) mass is 428 g/mol. The Hall–Kier alpha value is -2.68. The molecule has 0 saturated heterocycles. The van der Waals surface area contributed by atoms with Gasteiger partial charge in [-0.3, -0.25) is 4.90 Å². The molecule has 148 valence electrons. The molecule has 0 spiro atoms. The van der Waals surface area contributed by atoms with Gasteiger partial charge in [0.15, 0.2) is 11.5 Å². The molecule has 2 aromatic heterocycles. The highest BCUT2D eigenvalue weighted by Crippen LogP contribution is 2.41. The maximum Gasteiger partial charge on any atom is 0.231 e. The fourth-order valence-electron chi connectivity index (χ4n) is 3.32. The van der Waals surface area contributed by atoms with Crippen molar-refractivity contribution in [2.45, 2.75) is 20.0 Å². The molecule has 1 aliphatic rings. The van der Waals surface area contributed by atoms with Crippen molar-refractivity contribution in [1.29, 1.82) is 0 Å². The largest absolute Gasteiger partial charge is 0.454 e. The topological polar surface area (TPSA) is 73.5 Å². The van der Waals surface area contributed by atoms with Gasteiger partial charge in [0.25, 0.3) is 0 Å². The Morgan fingerprint density at radius 3 is 2.72 bits per heavy atom. The molecule has 1 aliphatic heterocycles. The number of fused-ring (bicyclic) bond motifs is 2. The number of nitrogens with zero attached hydrogens (tertiary/aromatic N) is 4. The van der Waals surface area contributed by atoms with E-state index in [9.17, 15) is 0 Å². The summed E-state index contributed by atoms with van der Waals surface area (Å²) in [6.45, 7) is 3.51. The highest BCUT2D eigenvalue weighted by atomic mass is 35.5. The lowest BCUT2D eigenvalue weighted by atomic mass is 10.2. The van der Waals surface area contributed by atoms with Crippen LogP contribution >= 0.6 is 23.3 Å². The number of benzene rings is 2. The van der Waals surface area contributed by atoms with Crippen molar-refractivity contribution in [3.8, 4) is 23.0 Å². The fourth-order valence-corrected chi connectivity index (χ4v) is 4.07. The molecule has 29 heavy (non-hydrogen) atoms. The second kappa shape index (κ2) is 7.29. The van der Waals surface area contributed by atoms with Gasteiger partial charge in [0.1, 0.15) is 16.8 Å². The van der Waals surface area contributed by atoms with E-state index in [0.29, 0.717) is 34.5 Å². The van der Waals surface area contributed by atoms with Crippen LogP contribution in [0.3, 0.4) is 0 Å². The van der Waals surface area contributed by atoms with Crippen LogP contribution in [-0.4, -0.2) is 32.5 Å². The Morgan fingerprint density at radius 1 is 1.07 bits per heavy atom. The maximum absolute atomic E-state index is 6.40. The molecule has 0 amide bonds. The van der Waals surface area contributed by atoms with Crippen LogP contribution in [0.2, 0.25) is 5.02 Å². The third-order valence-electron chi connectivity index (χ3n) is 4.78. The first-order valence-electron chi connectivity index (χ1n) is 9.02. The van der Waals surface area contributed by atoms with Gasteiger partial charge in [-0.25, -0.2) is 4.98 Å². The molecule has 7 nitrogen and oxygen atoms in total. The van der Waals surface area contributed by atoms with Crippen LogP contribution in [0.1, 0.15) is 17.0 Å². The van der Waals surface area contributed by atoms with Crippen LogP contribution in [0.15, 0.2) is 34.7 Å². The molecule has 0 radical (unpaired) electrons. The van der Waals surface area contributed by atoms with Crippen molar-refractivity contribution in [1.82, 2.24) is 18.6 Å². The van der Waals surface area contributed by atoms with E-state index in [4.69, 9.17) is 25.5 Å². The number of aromatic nitrogens is 3. The third kappa shape index (κ3) is 3.55. The van der Waals surface area contributed by atoms with E-state index < -0.39 is 0 Å². The first kappa shape index (κ1) is 18.4. The highest BCUT2D eigenvalue weighted by Gasteiger charge is 2.21. The number of hydrogen-bond acceptors (Lipinski definition) is 8. The van der Waals surface area contributed by atoms with Gasteiger partial charge in [0.2, 0.25) is 12.7 Å². The second-order valence-electron chi connectivity index (χ2n) is 6.97. The van der Waals surface area contributed by atoms with E-state index in [2.05, 4.69) is 30.8 Å². The first-order chi connectivity index (χ1) is 14.1. The SMILES string of the molecule is Cc1oc(-c2cc3c(cc2Cl)OCO3)nc1CN(C)Cc1ccc2nsnc2c1. The lowest BCUT2D eigenvalue weighted by Crippen LogP contribution is -2.18. The van der Waals surface area contributed by atoms with Crippen LogP contribution in [0, 0.1) is 6.92 Å². The maximum atomic E-state index is 6.40. The average Bonchev–Trinajstić information content (AvgIpc) is 3.41. The number of aryl methyl sites for hydroxylation is 1. The minimum atomic E-state index is 0.193. The van der Waals surface area contributed by atoms with E-state index in [0.717, 1.165) is 29.0 Å². The molecule has 0 unspecified atom stereocenters. The molecule has 2 aromatic carbocycles. The Labute approximate surface area is 176 Å². The minimum absolute atomic E-state index is 0.193. The molecule has 0 fully saturated rings. The molecule has 5 rings (SSSR count). The van der Waals surface area contributed by atoms with E-state index in [1.54, 1.807) is 12.1 Å². The summed E-state index contributed by atoms with van der Waals surface area (Å²) >= 11 is 7.63. The number of ether oxygens (including phenoxy) is 2. The summed E-state index contributed by atoms with van der Waals surface area (Å²) in [5.74, 6) is 2.52. The molecule has 9 heteroatoms. The van der Waals surface area contributed by atoms with Crippen LogP contribution in [-0.2, 0) is 13.1 Å².